The first-order valence-corrected chi connectivity index (χ1v) is 9.32. The van der Waals surface area contributed by atoms with E-state index in [1.807, 2.05) is 6.07 Å². The van der Waals surface area contributed by atoms with Gasteiger partial charge in [0.2, 0.25) is 5.91 Å². The molecule has 2 atom stereocenters. The van der Waals surface area contributed by atoms with E-state index in [9.17, 15) is 19.8 Å². The maximum Gasteiger partial charge on any atom is 0.219 e. The van der Waals surface area contributed by atoms with Crippen molar-refractivity contribution in [3.63, 3.8) is 0 Å². The Morgan fingerprint density at radius 2 is 2.00 bits per heavy atom. The standard InChI is InChI=1S/C21H27NO6/c1-13(23)22(2)10-9-20-11-15(24)17(28-4)12-21(20,26)8-7-14-5-6-16(27-3)19(25)18(14)20/h5-6,12,25-26H,7-11H2,1-4H3. The van der Waals surface area contributed by atoms with E-state index in [0.717, 1.165) is 5.56 Å². The third-order valence-corrected chi connectivity index (χ3v) is 6.27. The first-order valence-electron chi connectivity index (χ1n) is 9.32. The summed E-state index contributed by atoms with van der Waals surface area (Å²) in [5, 5.41) is 22.6. The number of aromatic hydroxyl groups is 1. The zero-order chi connectivity index (χ0) is 20.7. The number of carbonyl (C=O) groups excluding carboxylic acids is 2. The number of Topliss-reactive ketones (excluding diaryl/α,β-unsaturated/α-hetero) is 1. The molecule has 3 rings (SSSR count). The van der Waals surface area contributed by atoms with Gasteiger partial charge in [0, 0.05) is 37.9 Å². The van der Waals surface area contributed by atoms with Crippen molar-refractivity contribution in [2.75, 3.05) is 27.8 Å². The number of phenolic OH excluding ortho intramolecular Hbond substituents is 1. The fourth-order valence-electron chi connectivity index (χ4n) is 4.53. The molecule has 1 aromatic rings. The van der Waals surface area contributed by atoms with Gasteiger partial charge in [-0.3, -0.25) is 9.59 Å². The fourth-order valence-corrected chi connectivity index (χ4v) is 4.53. The number of benzene rings is 1. The lowest BCUT2D eigenvalue weighted by Crippen LogP contribution is -2.58. The van der Waals surface area contributed by atoms with E-state index in [4.69, 9.17) is 9.47 Å². The number of rotatable bonds is 5. The molecule has 0 aromatic heterocycles. The zero-order valence-electron chi connectivity index (χ0n) is 16.7. The van der Waals surface area contributed by atoms with Crippen LogP contribution in [-0.2, 0) is 26.2 Å². The summed E-state index contributed by atoms with van der Waals surface area (Å²) >= 11 is 0. The molecule has 0 spiro atoms. The predicted octanol–water partition coefficient (Wildman–Crippen LogP) is 1.69. The molecule has 2 unspecified atom stereocenters. The average Bonchev–Trinajstić information content (AvgIpc) is 2.66. The summed E-state index contributed by atoms with van der Waals surface area (Å²) < 4.78 is 10.5. The van der Waals surface area contributed by atoms with Gasteiger partial charge in [0.1, 0.15) is 0 Å². The van der Waals surface area contributed by atoms with Crippen molar-refractivity contribution < 1.29 is 29.3 Å². The van der Waals surface area contributed by atoms with Crippen molar-refractivity contribution in [3.8, 4) is 11.5 Å². The first kappa shape index (κ1) is 20.2. The molecule has 152 valence electrons. The molecular weight excluding hydrogens is 362 g/mol. The predicted molar refractivity (Wildman–Crippen MR) is 102 cm³/mol. The minimum atomic E-state index is -1.39. The van der Waals surface area contributed by atoms with E-state index < -0.39 is 11.0 Å². The van der Waals surface area contributed by atoms with Crippen LogP contribution in [0.15, 0.2) is 24.0 Å². The quantitative estimate of drug-likeness (QED) is 0.796. The topological polar surface area (TPSA) is 96.3 Å². The Hall–Kier alpha value is -2.54. The van der Waals surface area contributed by atoms with Gasteiger partial charge in [0.25, 0.3) is 0 Å². The van der Waals surface area contributed by atoms with Gasteiger partial charge in [0.05, 0.1) is 19.8 Å². The van der Waals surface area contributed by atoms with Crippen LogP contribution in [0.5, 0.6) is 11.5 Å². The maximum atomic E-state index is 12.8. The first-order chi connectivity index (χ1) is 13.2. The lowest BCUT2D eigenvalue weighted by molar-refractivity contribution is -0.129. The van der Waals surface area contributed by atoms with Gasteiger partial charge in [-0.15, -0.1) is 0 Å². The lowest BCUT2D eigenvalue weighted by Gasteiger charge is -2.52. The zero-order valence-corrected chi connectivity index (χ0v) is 16.7. The highest BCUT2D eigenvalue weighted by Crippen LogP contribution is 2.56. The smallest absolute Gasteiger partial charge is 0.219 e. The van der Waals surface area contributed by atoms with E-state index in [0.29, 0.717) is 31.4 Å². The SMILES string of the molecule is COC1=CC2(O)CCc3ccc(OC)c(O)c3C2(CCN(C)C(C)=O)CC1=O. The number of carbonyl (C=O) groups is 2. The number of aryl methyl sites for hydroxylation is 1. The Bertz CT molecular complexity index is 848. The second kappa shape index (κ2) is 7.13. The monoisotopic (exact) mass is 389 g/mol. The molecule has 0 fully saturated rings. The second-order valence-corrected chi connectivity index (χ2v) is 7.66. The highest BCUT2D eigenvalue weighted by Gasteiger charge is 2.58. The van der Waals surface area contributed by atoms with Gasteiger partial charge in [-0.25, -0.2) is 0 Å². The third-order valence-electron chi connectivity index (χ3n) is 6.27. The van der Waals surface area contributed by atoms with Gasteiger partial charge < -0.3 is 24.6 Å². The van der Waals surface area contributed by atoms with Crippen LogP contribution in [0.3, 0.4) is 0 Å². The van der Waals surface area contributed by atoms with Crippen LogP contribution < -0.4 is 4.74 Å². The van der Waals surface area contributed by atoms with Gasteiger partial charge in [-0.2, -0.15) is 0 Å². The van der Waals surface area contributed by atoms with Gasteiger partial charge in [0.15, 0.2) is 23.0 Å². The molecule has 0 radical (unpaired) electrons. The van der Waals surface area contributed by atoms with E-state index >= 15 is 0 Å². The molecule has 0 aliphatic heterocycles. The van der Waals surface area contributed by atoms with Crippen LogP contribution in [-0.4, -0.2) is 60.2 Å². The Morgan fingerprint density at radius 1 is 1.29 bits per heavy atom. The van der Waals surface area contributed by atoms with E-state index in [1.54, 1.807) is 18.0 Å². The average molecular weight is 389 g/mol. The Balaban J connectivity index is 2.22. The molecule has 2 N–H and O–H groups in total. The number of phenols is 1. The summed E-state index contributed by atoms with van der Waals surface area (Å²) in [5.74, 6) is -0.000337. The largest absolute Gasteiger partial charge is 0.504 e. The molecule has 1 amide bonds. The summed E-state index contributed by atoms with van der Waals surface area (Å²) in [4.78, 5) is 26.1. The molecule has 0 saturated carbocycles. The molecule has 0 saturated heterocycles. The number of hydrogen-bond acceptors (Lipinski definition) is 6. The number of hydrogen-bond donors (Lipinski definition) is 2. The van der Waals surface area contributed by atoms with E-state index in [1.165, 1.54) is 27.2 Å². The third kappa shape index (κ3) is 2.94. The summed E-state index contributed by atoms with van der Waals surface area (Å²) in [5.41, 5.74) is -1.07. The van der Waals surface area contributed by atoms with Crippen molar-refractivity contribution >= 4 is 11.7 Å². The van der Waals surface area contributed by atoms with Crippen LogP contribution in [0.2, 0.25) is 0 Å². The molecule has 0 heterocycles. The number of ketones is 1. The van der Waals surface area contributed by atoms with Crippen molar-refractivity contribution in [2.45, 2.75) is 43.6 Å². The number of ether oxygens (including phenoxy) is 2. The Kier molecular flexibility index (Phi) is 5.14. The summed E-state index contributed by atoms with van der Waals surface area (Å²) in [6.07, 6.45) is 2.69. The number of fused-ring (bicyclic) bond motifs is 3. The Morgan fingerprint density at radius 3 is 2.61 bits per heavy atom. The van der Waals surface area contributed by atoms with Gasteiger partial charge >= 0.3 is 0 Å². The normalized spacial score (nSPS) is 26.0. The van der Waals surface area contributed by atoms with Crippen LogP contribution in [0, 0.1) is 0 Å². The number of aliphatic hydroxyl groups is 1. The molecule has 0 bridgehead atoms. The highest BCUT2D eigenvalue weighted by atomic mass is 16.5. The molecule has 28 heavy (non-hydrogen) atoms. The summed E-state index contributed by atoms with van der Waals surface area (Å²) in [6, 6.07) is 3.55. The summed E-state index contributed by atoms with van der Waals surface area (Å²) in [6.45, 7) is 1.80. The van der Waals surface area contributed by atoms with Crippen LogP contribution in [0.1, 0.15) is 37.3 Å². The number of nitrogens with zero attached hydrogens (tertiary/aromatic N) is 1. The van der Waals surface area contributed by atoms with Crippen LogP contribution in [0.25, 0.3) is 0 Å². The number of amides is 1. The molecule has 2 aliphatic carbocycles. The highest BCUT2D eigenvalue weighted by molar-refractivity contribution is 5.96. The van der Waals surface area contributed by atoms with Crippen molar-refractivity contribution in [3.05, 3.63) is 35.1 Å². The van der Waals surface area contributed by atoms with Crippen LogP contribution in [0.4, 0.5) is 0 Å². The van der Waals surface area contributed by atoms with Crippen molar-refractivity contribution in [1.82, 2.24) is 4.90 Å². The second-order valence-electron chi connectivity index (χ2n) is 7.66. The lowest BCUT2D eigenvalue weighted by atomic mass is 9.54. The summed E-state index contributed by atoms with van der Waals surface area (Å²) in [7, 11) is 4.54. The number of methoxy groups -OCH3 is 2. The molecule has 1 aromatic carbocycles. The van der Waals surface area contributed by atoms with E-state index in [2.05, 4.69) is 0 Å². The van der Waals surface area contributed by atoms with Gasteiger partial charge in [-0.1, -0.05) is 6.07 Å². The van der Waals surface area contributed by atoms with Crippen LogP contribution >= 0.6 is 0 Å². The molecule has 7 heteroatoms. The minimum absolute atomic E-state index is 0.0252. The fraction of sp³-hybridized carbons (Fsp3) is 0.524. The molecular formula is C21H27NO6. The minimum Gasteiger partial charge on any atom is -0.504 e. The van der Waals surface area contributed by atoms with Gasteiger partial charge in [-0.05, 0) is 37.0 Å². The maximum absolute atomic E-state index is 12.8. The van der Waals surface area contributed by atoms with E-state index in [-0.39, 0.29) is 35.4 Å². The molecule has 2 aliphatic rings. The van der Waals surface area contributed by atoms with Crippen molar-refractivity contribution in [2.24, 2.45) is 0 Å². The Labute approximate surface area is 164 Å². The number of allylic oxidation sites excluding steroid dienone is 1. The molecule has 7 nitrogen and oxygen atoms in total. The van der Waals surface area contributed by atoms with Crippen molar-refractivity contribution in [1.29, 1.82) is 0 Å².